The van der Waals surface area contributed by atoms with Gasteiger partial charge in [0.25, 0.3) is 11.8 Å². The van der Waals surface area contributed by atoms with Gasteiger partial charge in [-0.15, -0.1) is 11.3 Å². The summed E-state index contributed by atoms with van der Waals surface area (Å²) in [6.45, 7) is 2.38. The summed E-state index contributed by atoms with van der Waals surface area (Å²) in [4.78, 5) is 41.3. The number of aromatic nitrogens is 2. The number of fused-ring (bicyclic) bond motifs is 1. The van der Waals surface area contributed by atoms with Gasteiger partial charge in [-0.25, -0.2) is 0 Å². The fraction of sp³-hybridized carbons (Fsp3) is 0.545. The molecular formula is C22H29N5O3S. The van der Waals surface area contributed by atoms with E-state index in [1.807, 2.05) is 17.5 Å². The van der Waals surface area contributed by atoms with E-state index in [9.17, 15) is 14.4 Å². The van der Waals surface area contributed by atoms with Gasteiger partial charge in [-0.3, -0.25) is 19.1 Å². The second kappa shape index (κ2) is 8.82. The van der Waals surface area contributed by atoms with E-state index in [-0.39, 0.29) is 36.0 Å². The fourth-order valence-electron chi connectivity index (χ4n) is 4.27. The summed E-state index contributed by atoms with van der Waals surface area (Å²) in [6.07, 6.45) is 6.58. The first-order chi connectivity index (χ1) is 14.9. The minimum absolute atomic E-state index is 0.146. The summed E-state index contributed by atoms with van der Waals surface area (Å²) in [6, 6.07) is 5.52. The third-order valence-electron chi connectivity index (χ3n) is 6.42. The second-order valence-corrected chi connectivity index (χ2v) is 9.67. The highest BCUT2D eigenvalue weighted by Gasteiger charge is 2.46. The number of amides is 3. The number of carbonyl (C=O) groups excluding carboxylic acids is 3. The Balaban J connectivity index is 1.48. The molecule has 1 unspecified atom stereocenters. The van der Waals surface area contributed by atoms with Gasteiger partial charge >= 0.3 is 0 Å². The maximum Gasteiger partial charge on any atom is 0.272 e. The van der Waals surface area contributed by atoms with Gasteiger partial charge in [0, 0.05) is 24.0 Å². The first-order valence-electron chi connectivity index (χ1n) is 10.9. The van der Waals surface area contributed by atoms with E-state index in [0.29, 0.717) is 12.2 Å². The third kappa shape index (κ3) is 4.37. The van der Waals surface area contributed by atoms with Crippen LogP contribution in [0.5, 0.6) is 0 Å². The van der Waals surface area contributed by atoms with Gasteiger partial charge in [0.2, 0.25) is 5.91 Å². The standard InChI is InChI=1S/C22H29N5O3S/c1-22(21(30)24-15-8-5-3-4-6-9-15)14-27-18(20(29)26(22)2)12-17(25-27)19(28)23-13-16-10-7-11-31-16/h7,10-12,15H,3-6,8-9,13-14H2,1-2H3,(H,23,28)(H,24,30). The molecule has 9 heteroatoms. The monoisotopic (exact) mass is 443 g/mol. The molecule has 1 fully saturated rings. The molecule has 2 N–H and O–H groups in total. The van der Waals surface area contributed by atoms with Crippen LogP contribution in [-0.4, -0.2) is 51.0 Å². The molecule has 31 heavy (non-hydrogen) atoms. The van der Waals surface area contributed by atoms with Crippen molar-refractivity contribution >= 4 is 29.1 Å². The van der Waals surface area contributed by atoms with E-state index in [1.54, 1.807) is 25.3 Å². The molecule has 3 amide bonds. The van der Waals surface area contributed by atoms with Gasteiger partial charge < -0.3 is 15.5 Å². The number of rotatable bonds is 5. The lowest BCUT2D eigenvalue weighted by Gasteiger charge is -2.41. The van der Waals surface area contributed by atoms with E-state index in [2.05, 4.69) is 15.7 Å². The minimum Gasteiger partial charge on any atom is -0.351 e. The lowest BCUT2D eigenvalue weighted by atomic mass is 9.95. The van der Waals surface area contributed by atoms with Crippen molar-refractivity contribution in [3.8, 4) is 0 Å². The van der Waals surface area contributed by atoms with Crippen LogP contribution in [0.4, 0.5) is 0 Å². The lowest BCUT2D eigenvalue weighted by Crippen LogP contribution is -2.63. The maximum atomic E-state index is 13.2. The number of thiophene rings is 1. The van der Waals surface area contributed by atoms with Crippen molar-refractivity contribution in [3.63, 3.8) is 0 Å². The van der Waals surface area contributed by atoms with E-state index < -0.39 is 5.54 Å². The Morgan fingerprint density at radius 1 is 1.26 bits per heavy atom. The summed E-state index contributed by atoms with van der Waals surface area (Å²) in [5.41, 5.74) is -0.558. The van der Waals surface area contributed by atoms with Crippen LogP contribution in [0, 0.1) is 0 Å². The molecule has 1 saturated carbocycles. The molecule has 3 heterocycles. The smallest absolute Gasteiger partial charge is 0.272 e. The Morgan fingerprint density at radius 3 is 2.68 bits per heavy atom. The highest BCUT2D eigenvalue weighted by Crippen LogP contribution is 2.27. The van der Waals surface area contributed by atoms with Crippen molar-refractivity contribution in [2.24, 2.45) is 0 Å². The van der Waals surface area contributed by atoms with Crippen molar-refractivity contribution in [1.29, 1.82) is 0 Å². The van der Waals surface area contributed by atoms with Gasteiger partial charge in [-0.2, -0.15) is 5.10 Å². The van der Waals surface area contributed by atoms with Crippen LogP contribution in [0.1, 0.15) is 71.3 Å². The van der Waals surface area contributed by atoms with Gasteiger partial charge in [-0.1, -0.05) is 31.7 Å². The topological polar surface area (TPSA) is 96.3 Å². The molecule has 8 nitrogen and oxygen atoms in total. The van der Waals surface area contributed by atoms with E-state index >= 15 is 0 Å². The molecule has 0 saturated heterocycles. The first-order valence-corrected chi connectivity index (χ1v) is 11.7. The van der Waals surface area contributed by atoms with Gasteiger partial charge in [-0.05, 0) is 31.2 Å². The number of nitrogens with one attached hydrogen (secondary N) is 2. The van der Waals surface area contributed by atoms with E-state index in [0.717, 1.165) is 30.6 Å². The summed E-state index contributed by atoms with van der Waals surface area (Å²) >= 11 is 1.56. The largest absolute Gasteiger partial charge is 0.351 e. The molecule has 0 aromatic carbocycles. The average Bonchev–Trinajstić information content (AvgIpc) is 3.35. The van der Waals surface area contributed by atoms with Crippen LogP contribution in [0.15, 0.2) is 23.6 Å². The Labute approximate surface area is 186 Å². The summed E-state index contributed by atoms with van der Waals surface area (Å²) < 4.78 is 1.50. The Kier molecular flexibility index (Phi) is 6.13. The molecule has 2 aromatic rings. The zero-order chi connectivity index (χ0) is 22.0. The zero-order valence-corrected chi connectivity index (χ0v) is 18.8. The van der Waals surface area contributed by atoms with Crippen LogP contribution in [-0.2, 0) is 17.9 Å². The summed E-state index contributed by atoms with van der Waals surface area (Å²) in [7, 11) is 1.64. The van der Waals surface area contributed by atoms with Gasteiger partial charge in [0.1, 0.15) is 11.2 Å². The van der Waals surface area contributed by atoms with Crippen LogP contribution in [0.3, 0.4) is 0 Å². The highest BCUT2D eigenvalue weighted by atomic mass is 32.1. The number of nitrogens with zero attached hydrogens (tertiary/aromatic N) is 3. The predicted molar refractivity (Wildman–Crippen MR) is 118 cm³/mol. The third-order valence-corrected chi connectivity index (χ3v) is 7.29. The zero-order valence-electron chi connectivity index (χ0n) is 18.0. The van der Waals surface area contributed by atoms with Crippen molar-refractivity contribution < 1.29 is 14.4 Å². The minimum atomic E-state index is -1.06. The summed E-state index contributed by atoms with van der Waals surface area (Å²) in [5, 5.41) is 12.3. The van der Waals surface area contributed by atoms with Gasteiger partial charge in [0.05, 0.1) is 13.1 Å². The van der Waals surface area contributed by atoms with Crippen LogP contribution < -0.4 is 10.6 Å². The van der Waals surface area contributed by atoms with Crippen molar-refractivity contribution in [1.82, 2.24) is 25.3 Å². The number of likely N-dealkylation sites (N-methyl/N-ethyl adjacent to an activating group) is 1. The van der Waals surface area contributed by atoms with E-state index in [1.165, 1.54) is 28.5 Å². The van der Waals surface area contributed by atoms with Crippen LogP contribution >= 0.6 is 11.3 Å². The fourth-order valence-corrected chi connectivity index (χ4v) is 4.92. The Hall–Kier alpha value is -2.68. The molecule has 0 bridgehead atoms. The molecule has 1 atom stereocenters. The lowest BCUT2D eigenvalue weighted by molar-refractivity contribution is -0.133. The molecular weight excluding hydrogens is 414 g/mol. The average molecular weight is 444 g/mol. The SMILES string of the molecule is CN1C(=O)c2cc(C(=O)NCc3cccs3)nn2CC1(C)C(=O)NC1CCCCCC1. The first kappa shape index (κ1) is 21.5. The highest BCUT2D eigenvalue weighted by molar-refractivity contribution is 7.09. The Morgan fingerprint density at radius 2 is 2.00 bits per heavy atom. The Bertz CT molecular complexity index is 962. The second-order valence-electron chi connectivity index (χ2n) is 8.63. The van der Waals surface area contributed by atoms with Crippen molar-refractivity contribution in [2.45, 2.75) is 70.1 Å². The quantitative estimate of drug-likeness (QED) is 0.694. The molecule has 166 valence electrons. The molecule has 0 radical (unpaired) electrons. The van der Waals surface area contributed by atoms with Crippen LogP contribution in [0.25, 0.3) is 0 Å². The molecule has 4 rings (SSSR count). The molecule has 1 aliphatic heterocycles. The van der Waals surface area contributed by atoms with Gasteiger partial charge in [0.15, 0.2) is 5.69 Å². The summed E-state index contributed by atoms with van der Waals surface area (Å²) in [5.74, 6) is -0.815. The number of carbonyl (C=O) groups is 3. The molecule has 0 spiro atoms. The number of hydrogen-bond acceptors (Lipinski definition) is 5. The molecule has 2 aromatic heterocycles. The molecule has 1 aliphatic carbocycles. The van der Waals surface area contributed by atoms with E-state index in [4.69, 9.17) is 0 Å². The maximum absolute atomic E-state index is 13.2. The number of hydrogen-bond donors (Lipinski definition) is 2. The van der Waals surface area contributed by atoms with Crippen LogP contribution in [0.2, 0.25) is 0 Å². The normalized spacial score (nSPS) is 22.0. The van der Waals surface area contributed by atoms with Crippen molar-refractivity contribution in [3.05, 3.63) is 39.8 Å². The predicted octanol–water partition coefficient (Wildman–Crippen LogP) is 2.56. The van der Waals surface area contributed by atoms with Crippen molar-refractivity contribution in [2.75, 3.05) is 7.05 Å². The molecule has 2 aliphatic rings.